The number of nitrogens with zero attached hydrogens (tertiary/aromatic N) is 3. The van der Waals surface area contributed by atoms with Crippen molar-refractivity contribution in [3.63, 3.8) is 0 Å². The van der Waals surface area contributed by atoms with E-state index in [1.165, 1.54) is 15.3 Å². The van der Waals surface area contributed by atoms with E-state index in [9.17, 15) is 36.3 Å². The average Bonchev–Trinajstić information content (AvgIpc) is 3.39. The molecule has 0 bridgehead atoms. The minimum atomic E-state index is -4.66. The molecule has 1 fully saturated rings. The van der Waals surface area contributed by atoms with Crippen LogP contribution in [0.4, 0.5) is 13.2 Å². The molecule has 0 atom stereocenters. The number of carbonyl (C=O) groups is 2. The van der Waals surface area contributed by atoms with Gasteiger partial charge in [-0.15, -0.1) is 13.2 Å². The smallest absolute Gasteiger partial charge is 0.416 e. The molecule has 15 heteroatoms. The topological polar surface area (TPSA) is 138 Å². The number of sulfonamides is 1. The standard InChI is InChI=1S/C35H43F3N4O7S/c1-4-6-18-49-30-23-28(22-29(24-30)35(36,37)38)31-39-33(45)34(40-31)10-12-42(13-11-34)50(46,47)20-9-26-7-8-27(21-25(26)3)32(44)41(14-16-43)15-19-48-17-5-2/h4-5,7-8,21-24,43H,1-2,6,9-20H2,3H3,(H,39,40,45). The molecule has 4 rings (SSSR count). The Balaban J connectivity index is 1.40. The van der Waals surface area contributed by atoms with Crippen LogP contribution < -0.4 is 10.1 Å². The van der Waals surface area contributed by atoms with Crippen molar-refractivity contribution in [3.05, 3.63) is 89.5 Å². The Kier molecular flexibility index (Phi) is 13.0. The van der Waals surface area contributed by atoms with E-state index in [2.05, 4.69) is 23.5 Å². The van der Waals surface area contributed by atoms with Gasteiger partial charge in [0.25, 0.3) is 11.8 Å². The van der Waals surface area contributed by atoms with E-state index < -0.39 is 33.2 Å². The first kappa shape index (κ1) is 38.7. The van der Waals surface area contributed by atoms with Crippen molar-refractivity contribution >= 4 is 27.7 Å². The Morgan fingerprint density at radius 2 is 1.86 bits per heavy atom. The lowest BCUT2D eigenvalue weighted by molar-refractivity contribution is -0.137. The van der Waals surface area contributed by atoms with Gasteiger partial charge in [0, 0.05) is 37.3 Å². The normalized spacial score (nSPS) is 16.2. The summed E-state index contributed by atoms with van der Waals surface area (Å²) in [4.78, 5) is 32.2. The van der Waals surface area contributed by atoms with Crippen LogP contribution in [0.1, 0.15) is 51.9 Å². The molecule has 0 aromatic heterocycles. The number of aryl methyl sites for hydroxylation is 2. The maximum Gasteiger partial charge on any atom is 0.416 e. The first-order chi connectivity index (χ1) is 23.7. The van der Waals surface area contributed by atoms with Crippen LogP contribution in [0.3, 0.4) is 0 Å². The zero-order valence-electron chi connectivity index (χ0n) is 28.0. The van der Waals surface area contributed by atoms with E-state index in [1.54, 1.807) is 37.3 Å². The molecular formula is C35H43F3N4O7S. The zero-order valence-corrected chi connectivity index (χ0v) is 28.8. The summed E-state index contributed by atoms with van der Waals surface area (Å²) in [5.74, 6) is -1.03. The summed E-state index contributed by atoms with van der Waals surface area (Å²) in [5.41, 5.74) is -0.323. The highest BCUT2D eigenvalue weighted by molar-refractivity contribution is 7.89. The quantitative estimate of drug-likeness (QED) is 0.187. The van der Waals surface area contributed by atoms with Gasteiger partial charge in [-0.2, -0.15) is 13.2 Å². The molecule has 0 radical (unpaired) electrons. The maximum atomic E-state index is 13.7. The Morgan fingerprint density at radius 1 is 1.12 bits per heavy atom. The van der Waals surface area contributed by atoms with Crippen molar-refractivity contribution < 1.29 is 45.8 Å². The van der Waals surface area contributed by atoms with Crippen LogP contribution in [-0.2, 0) is 32.2 Å². The summed E-state index contributed by atoms with van der Waals surface area (Å²) >= 11 is 0. The van der Waals surface area contributed by atoms with E-state index >= 15 is 0 Å². The fraction of sp³-hybridized carbons (Fsp3) is 0.457. The van der Waals surface area contributed by atoms with E-state index in [-0.39, 0.29) is 94.1 Å². The summed E-state index contributed by atoms with van der Waals surface area (Å²) in [7, 11) is -3.75. The number of aliphatic hydroxyl groups is 1. The highest BCUT2D eigenvalue weighted by Crippen LogP contribution is 2.36. The molecular weight excluding hydrogens is 677 g/mol. The van der Waals surface area contributed by atoms with Gasteiger partial charge in [0.1, 0.15) is 17.1 Å². The van der Waals surface area contributed by atoms with Crippen LogP contribution in [0, 0.1) is 6.92 Å². The third kappa shape index (κ3) is 9.59. The van der Waals surface area contributed by atoms with E-state index in [4.69, 9.17) is 9.47 Å². The van der Waals surface area contributed by atoms with Crippen LogP contribution in [0.5, 0.6) is 5.75 Å². The van der Waals surface area contributed by atoms with Crippen LogP contribution >= 0.6 is 0 Å². The van der Waals surface area contributed by atoms with Crippen molar-refractivity contribution in [1.82, 2.24) is 14.5 Å². The average molecular weight is 721 g/mol. The van der Waals surface area contributed by atoms with Crippen LogP contribution in [-0.4, -0.2) is 104 Å². The highest BCUT2D eigenvalue weighted by atomic mass is 32.2. The summed E-state index contributed by atoms with van der Waals surface area (Å²) in [5, 5.41) is 12.0. The second-order valence-corrected chi connectivity index (χ2v) is 14.2. The van der Waals surface area contributed by atoms with Crippen LogP contribution in [0.25, 0.3) is 0 Å². The number of amidine groups is 1. The maximum absolute atomic E-state index is 13.7. The minimum Gasteiger partial charge on any atom is -0.493 e. The molecule has 0 aliphatic carbocycles. The fourth-order valence-corrected chi connectivity index (χ4v) is 7.28. The lowest BCUT2D eigenvalue weighted by Crippen LogP contribution is -2.50. The molecule has 2 N–H and O–H groups in total. The molecule has 2 aliphatic heterocycles. The fourth-order valence-electron chi connectivity index (χ4n) is 5.81. The van der Waals surface area contributed by atoms with Crippen molar-refractivity contribution in [2.75, 3.05) is 58.4 Å². The summed E-state index contributed by atoms with van der Waals surface area (Å²) in [6.45, 7) is 9.93. The Labute approximate surface area is 290 Å². The van der Waals surface area contributed by atoms with Gasteiger partial charge in [-0.3, -0.25) is 14.6 Å². The van der Waals surface area contributed by atoms with Crippen LogP contribution in [0.15, 0.2) is 66.7 Å². The number of hydrogen-bond acceptors (Lipinski definition) is 8. The molecule has 0 saturated carbocycles. The van der Waals surface area contributed by atoms with E-state index in [1.807, 2.05) is 0 Å². The number of aliphatic hydroxyl groups excluding tert-OH is 1. The van der Waals surface area contributed by atoms with Gasteiger partial charge >= 0.3 is 6.18 Å². The Hall–Kier alpha value is -4.05. The third-order valence-corrected chi connectivity index (χ3v) is 10.5. The molecule has 2 amide bonds. The minimum absolute atomic E-state index is 0.00860. The number of benzene rings is 2. The highest BCUT2D eigenvalue weighted by Gasteiger charge is 2.47. The third-order valence-electron chi connectivity index (χ3n) is 8.64. The molecule has 50 heavy (non-hydrogen) atoms. The summed E-state index contributed by atoms with van der Waals surface area (Å²) < 4.78 is 79.9. The molecule has 1 saturated heterocycles. The molecule has 0 unspecified atom stereocenters. The molecule has 2 heterocycles. The number of nitrogens with one attached hydrogen (secondary N) is 1. The number of halogens is 3. The van der Waals surface area contributed by atoms with Crippen LogP contribution in [0.2, 0.25) is 0 Å². The largest absolute Gasteiger partial charge is 0.493 e. The predicted molar refractivity (Wildman–Crippen MR) is 183 cm³/mol. The lowest BCUT2D eigenvalue weighted by Gasteiger charge is -2.34. The van der Waals surface area contributed by atoms with E-state index in [0.29, 0.717) is 18.6 Å². The number of alkyl halides is 3. The zero-order chi connectivity index (χ0) is 36.5. The first-order valence-electron chi connectivity index (χ1n) is 16.3. The number of ether oxygens (including phenoxy) is 2. The SMILES string of the molecule is C=CCCOc1cc(C2=NC3(CCN(S(=O)(=O)CCc4ccc(C(=O)N(CCO)CCOCC=C)cc4C)CC3)C(=O)N2)cc(C(F)(F)F)c1. The lowest BCUT2D eigenvalue weighted by atomic mass is 9.89. The van der Waals surface area contributed by atoms with Crippen molar-refractivity contribution in [3.8, 4) is 5.75 Å². The van der Waals surface area contributed by atoms with Gasteiger partial charge < -0.3 is 24.8 Å². The van der Waals surface area contributed by atoms with Gasteiger partial charge in [0.15, 0.2) is 0 Å². The first-order valence-corrected chi connectivity index (χ1v) is 17.9. The van der Waals surface area contributed by atoms with Gasteiger partial charge in [0.05, 0.1) is 37.7 Å². The van der Waals surface area contributed by atoms with Gasteiger partial charge in [-0.05, 0) is 74.1 Å². The van der Waals surface area contributed by atoms with Gasteiger partial charge in [-0.1, -0.05) is 18.2 Å². The summed E-state index contributed by atoms with van der Waals surface area (Å²) in [6, 6.07) is 8.21. The molecule has 2 aliphatic rings. The van der Waals surface area contributed by atoms with Crippen molar-refractivity contribution in [1.29, 1.82) is 0 Å². The number of amides is 2. The number of hydrogen-bond donors (Lipinski definition) is 2. The van der Waals surface area contributed by atoms with E-state index in [0.717, 1.165) is 23.3 Å². The Bertz CT molecular complexity index is 1700. The molecule has 2 aromatic carbocycles. The Morgan fingerprint density at radius 3 is 2.50 bits per heavy atom. The number of aliphatic imine (C=N–C) groups is 1. The molecule has 272 valence electrons. The number of rotatable bonds is 17. The second kappa shape index (κ2) is 16.8. The number of carbonyl (C=O) groups excluding carboxylic acids is 2. The second-order valence-electron chi connectivity index (χ2n) is 12.1. The van der Waals surface area contributed by atoms with Gasteiger partial charge in [-0.25, -0.2) is 12.7 Å². The van der Waals surface area contributed by atoms with Crippen molar-refractivity contribution in [2.45, 2.75) is 44.3 Å². The number of piperidine rings is 1. The van der Waals surface area contributed by atoms with Gasteiger partial charge in [0.2, 0.25) is 10.0 Å². The molecule has 1 spiro atoms. The predicted octanol–water partition coefficient (Wildman–Crippen LogP) is 3.89. The molecule has 11 nitrogen and oxygen atoms in total. The van der Waals surface area contributed by atoms with Crippen molar-refractivity contribution in [2.24, 2.45) is 4.99 Å². The monoisotopic (exact) mass is 720 g/mol. The molecule has 2 aromatic rings. The summed E-state index contributed by atoms with van der Waals surface area (Å²) in [6.07, 6.45) is -0.746.